The standard InChI is InChI=1S/C20H18FN5O2S/c1-12-9-13(11-23-16(12)10-22)25-18(28)20(2,3)26(19(25)29)24(4)17(27)14-7-5-6-8-15(14)21/h5-9,11H,1-4H3. The van der Waals surface area contributed by atoms with Crippen LogP contribution >= 0.6 is 12.2 Å². The zero-order chi connectivity index (χ0) is 21.5. The van der Waals surface area contributed by atoms with Gasteiger partial charge in [-0.05, 0) is 56.8 Å². The molecule has 0 aliphatic carbocycles. The Morgan fingerprint density at radius 1 is 1.34 bits per heavy atom. The Bertz CT molecular complexity index is 1080. The van der Waals surface area contributed by atoms with E-state index >= 15 is 0 Å². The van der Waals surface area contributed by atoms with Crippen molar-refractivity contribution in [3.05, 3.63) is 59.2 Å². The minimum absolute atomic E-state index is 0.0538. The van der Waals surface area contributed by atoms with Gasteiger partial charge in [-0.15, -0.1) is 0 Å². The first-order valence-electron chi connectivity index (χ1n) is 8.69. The summed E-state index contributed by atoms with van der Waals surface area (Å²) < 4.78 is 14.1. The van der Waals surface area contributed by atoms with Crippen LogP contribution in [0.25, 0.3) is 0 Å². The van der Waals surface area contributed by atoms with Gasteiger partial charge in [0, 0.05) is 7.05 Å². The lowest BCUT2D eigenvalue weighted by Gasteiger charge is -2.36. The molecule has 1 fully saturated rings. The van der Waals surface area contributed by atoms with Gasteiger partial charge < -0.3 is 0 Å². The molecule has 1 aliphatic rings. The van der Waals surface area contributed by atoms with Crippen LogP contribution in [0.3, 0.4) is 0 Å². The van der Waals surface area contributed by atoms with E-state index in [1.54, 1.807) is 32.9 Å². The monoisotopic (exact) mass is 411 g/mol. The van der Waals surface area contributed by atoms with Crippen LogP contribution in [0, 0.1) is 24.1 Å². The molecule has 1 aromatic carbocycles. The second-order valence-corrected chi connectivity index (χ2v) is 7.44. The smallest absolute Gasteiger partial charge is 0.271 e. The van der Waals surface area contributed by atoms with Crippen molar-refractivity contribution >= 4 is 34.8 Å². The number of aromatic nitrogens is 1. The average molecular weight is 411 g/mol. The number of hydrogen-bond donors (Lipinski definition) is 0. The molecule has 148 valence electrons. The summed E-state index contributed by atoms with van der Waals surface area (Å²) in [6, 6.07) is 9.21. The van der Waals surface area contributed by atoms with E-state index < -0.39 is 17.3 Å². The quantitative estimate of drug-likeness (QED) is 0.723. The van der Waals surface area contributed by atoms with Crippen molar-refractivity contribution in [2.24, 2.45) is 0 Å². The predicted molar refractivity (Wildman–Crippen MR) is 108 cm³/mol. The largest absolute Gasteiger partial charge is 0.275 e. The van der Waals surface area contributed by atoms with Crippen LogP contribution in [0.15, 0.2) is 36.5 Å². The number of carbonyl (C=O) groups excluding carboxylic acids is 2. The Morgan fingerprint density at radius 3 is 2.59 bits per heavy atom. The molecule has 0 radical (unpaired) electrons. The first kappa shape index (κ1) is 20.4. The first-order chi connectivity index (χ1) is 13.6. The minimum atomic E-state index is -1.20. The SMILES string of the molecule is Cc1cc(N2C(=O)C(C)(C)N(N(C)C(=O)c3ccccc3F)C2=S)cnc1C#N. The molecule has 0 bridgehead atoms. The molecule has 0 atom stereocenters. The third-order valence-corrected chi connectivity index (χ3v) is 5.11. The third kappa shape index (κ3) is 3.21. The number of hydrazine groups is 1. The molecule has 1 aromatic heterocycles. The maximum atomic E-state index is 14.1. The average Bonchev–Trinajstić information content (AvgIpc) is 2.85. The molecule has 0 saturated carbocycles. The molecule has 0 spiro atoms. The second kappa shape index (κ2) is 7.22. The highest BCUT2D eigenvalue weighted by atomic mass is 32.1. The van der Waals surface area contributed by atoms with Gasteiger partial charge in [0.2, 0.25) is 5.11 Å². The molecule has 29 heavy (non-hydrogen) atoms. The molecule has 1 saturated heterocycles. The first-order valence-corrected chi connectivity index (χ1v) is 9.10. The van der Waals surface area contributed by atoms with Crippen molar-refractivity contribution in [2.45, 2.75) is 26.3 Å². The molecule has 2 heterocycles. The summed E-state index contributed by atoms with van der Waals surface area (Å²) in [4.78, 5) is 31.3. The number of nitriles is 1. The Balaban J connectivity index is 2.01. The van der Waals surface area contributed by atoms with Crippen molar-refractivity contribution in [1.29, 1.82) is 5.26 Å². The predicted octanol–water partition coefficient (Wildman–Crippen LogP) is 2.80. The number of halogens is 1. The number of thiocarbonyl (C=S) groups is 1. The number of carbonyl (C=O) groups is 2. The van der Waals surface area contributed by atoms with Crippen molar-refractivity contribution in [1.82, 2.24) is 15.0 Å². The van der Waals surface area contributed by atoms with Crippen molar-refractivity contribution < 1.29 is 14.0 Å². The highest BCUT2D eigenvalue weighted by Gasteiger charge is 2.52. The molecule has 2 aromatic rings. The summed E-state index contributed by atoms with van der Waals surface area (Å²) in [5.41, 5.74) is -0.106. The Kier molecular flexibility index (Phi) is 5.07. The molecular formula is C20H18FN5O2S. The van der Waals surface area contributed by atoms with E-state index in [1.807, 2.05) is 6.07 Å². The zero-order valence-corrected chi connectivity index (χ0v) is 17.1. The molecule has 1 aliphatic heterocycles. The van der Waals surface area contributed by atoms with Gasteiger partial charge in [0.05, 0.1) is 17.4 Å². The number of benzene rings is 1. The van der Waals surface area contributed by atoms with Crippen LogP contribution in [0.5, 0.6) is 0 Å². The lowest BCUT2D eigenvalue weighted by atomic mass is 10.1. The summed E-state index contributed by atoms with van der Waals surface area (Å²) >= 11 is 5.50. The van der Waals surface area contributed by atoms with Gasteiger partial charge >= 0.3 is 0 Å². The van der Waals surface area contributed by atoms with Crippen LogP contribution in [0.4, 0.5) is 10.1 Å². The fraction of sp³-hybridized carbons (Fsp3) is 0.250. The topological polar surface area (TPSA) is 80.5 Å². The van der Waals surface area contributed by atoms with Gasteiger partial charge in [-0.2, -0.15) is 5.26 Å². The van der Waals surface area contributed by atoms with E-state index in [2.05, 4.69) is 4.98 Å². The highest BCUT2D eigenvalue weighted by Crippen LogP contribution is 2.34. The Labute approximate surface area is 172 Å². The fourth-order valence-corrected chi connectivity index (χ4v) is 3.75. The number of nitrogens with zero attached hydrogens (tertiary/aromatic N) is 5. The van der Waals surface area contributed by atoms with Crippen molar-refractivity contribution in [3.8, 4) is 6.07 Å². The lowest BCUT2D eigenvalue weighted by molar-refractivity contribution is -0.126. The van der Waals surface area contributed by atoms with Crippen LogP contribution in [0.1, 0.15) is 35.5 Å². The molecule has 0 N–H and O–H groups in total. The van der Waals surface area contributed by atoms with Gasteiger partial charge in [-0.1, -0.05) is 12.1 Å². The second-order valence-electron chi connectivity index (χ2n) is 7.07. The van der Waals surface area contributed by atoms with E-state index in [0.29, 0.717) is 11.3 Å². The van der Waals surface area contributed by atoms with E-state index in [1.165, 1.54) is 41.4 Å². The van der Waals surface area contributed by atoms with E-state index in [9.17, 15) is 14.0 Å². The number of hydrogen-bond acceptors (Lipinski definition) is 5. The van der Waals surface area contributed by atoms with E-state index in [0.717, 1.165) is 5.01 Å². The number of rotatable bonds is 3. The number of anilines is 1. The van der Waals surface area contributed by atoms with Crippen LogP contribution in [0.2, 0.25) is 0 Å². The fourth-order valence-electron chi connectivity index (χ4n) is 3.21. The maximum Gasteiger partial charge on any atom is 0.275 e. The molecular weight excluding hydrogens is 393 g/mol. The summed E-state index contributed by atoms with van der Waals surface area (Å²) in [5, 5.41) is 11.6. The lowest BCUT2D eigenvalue weighted by Crippen LogP contribution is -2.54. The summed E-state index contributed by atoms with van der Waals surface area (Å²) in [7, 11) is 1.43. The molecule has 7 nitrogen and oxygen atoms in total. The van der Waals surface area contributed by atoms with Gasteiger partial charge in [-0.3, -0.25) is 14.5 Å². The van der Waals surface area contributed by atoms with Crippen molar-refractivity contribution in [2.75, 3.05) is 11.9 Å². The summed E-state index contributed by atoms with van der Waals surface area (Å²) in [6.45, 7) is 4.95. The molecule has 2 amide bonds. The van der Waals surface area contributed by atoms with E-state index in [-0.39, 0.29) is 22.3 Å². The molecule has 0 unspecified atom stereocenters. The van der Waals surface area contributed by atoms with E-state index in [4.69, 9.17) is 17.5 Å². The summed E-state index contributed by atoms with van der Waals surface area (Å²) in [6.07, 6.45) is 1.38. The van der Waals surface area contributed by atoms with Crippen LogP contribution in [-0.2, 0) is 4.79 Å². The highest BCUT2D eigenvalue weighted by molar-refractivity contribution is 7.80. The third-order valence-electron chi connectivity index (χ3n) is 4.75. The minimum Gasteiger partial charge on any atom is -0.271 e. The number of amides is 2. The van der Waals surface area contributed by atoms with Gasteiger partial charge in [0.1, 0.15) is 23.1 Å². The Hall–Kier alpha value is -3.38. The zero-order valence-electron chi connectivity index (χ0n) is 16.3. The summed E-state index contributed by atoms with van der Waals surface area (Å²) in [5.74, 6) is -1.67. The van der Waals surface area contributed by atoms with Gasteiger partial charge in [-0.25, -0.2) is 19.4 Å². The molecule has 3 rings (SSSR count). The van der Waals surface area contributed by atoms with Gasteiger partial charge in [0.15, 0.2) is 0 Å². The normalized spacial score (nSPS) is 15.4. The number of pyridine rings is 1. The Morgan fingerprint density at radius 2 is 2.00 bits per heavy atom. The van der Waals surface area contributed by atoms with Crippen molar-refractivity contribution in [3.63, 3.8) is 0 Å². The maximum absolute atomic E-state index is 14.1. The van der Waals surface area contributed by atoms with Crippen LogP contribution < -0.4 is 4.90 Å². The van der Waals surface area contributed by atoms with Crippen LogP contribution in [-0.4, -0.2) is 44.5 Å². The number of aryl methyl sites for hydroxylation is 1. The molecule has 9 heteroatoms. The van der Waals surface area contributed by atoms with Gasteiger partial charge in [0.25, 0.3) is 11.8 Å².